The molecule has 25 heavy (non-hydrogen) atoms. The molecule has 2 aliphatic rings. The Bertz CT molecular complexity index is 579. The Kier molecular flexibility index (Phi) is 6.10. The molecule has 0 radical (unpaired) electrons. The van der Waals surface area contributed by atoms with Crippen LogP contribution in [0.2, 0.25) is 0 Å². The maximum Gasteiger partial charge on any atom is 0.253 e. The number of anilines is 1. The molecule has 0 spiro atoms. The number of piperidine rings is 2. The van der Waals surface area contributed by atoms with E-state index in [1.54, 1.807) is 4.90 Å². The van der Waals surface area contributed by atoms with E-state index < -0.39 is 0 Å². The third-order valence-electron chi connectivity index (χ3n) is 5.21. The second-order valence-electron chi connectivity index (χ2n) is 7.05. The lowest BCUT2D eigenvalue weighted by molar-refractivity contribution is 0.0474. The molecule has 5 nitrogen and oxygen atoms in total. The Hall–Kier alpha value is -1.85. The number of β-amino-alcohol motifs (C(OH)–C–C–N with tert-alkyl or cyclic N) is 1. The summed E-state index contributed by atoms with van der Waals surface area (Å²) in [5, 5.41) is 13.2. The molecule has 0 aliphatic carbocycles. The average molecular weight is 343 g/mol. The highest BCUT2D eigenvalue weighted by Gasteiger charge is 2.23. The van der Waals surface area contributed by atoms with Gasteiger partial charge in [0.2, 0.25) is 0 Å². The van der Waals surface area contributed by atoms with Gasteiger partial charge in [0.1, 0.15) is 0 Å². The summed E-state index contributed by atoms with van der Waals surface area (Å²) in [7, 11) is 0. The standard InChI is InChI=1S/C20H29N3O2/c1-2-11-21-17-9-13-22(14-10-17)18-7-5-16(6-8-18)20(25)23-12-3-4-19(24)15-23/h2,5-8,17,19,21,24H,1,3-4,9-15H2/t19-/m1/s1. The number of carbonyl (C=O) groups is 1. The van der Waals surface area contributed by atoms with Crippen molar-refractivity contribution in [2.24, 2.45) is 0 Å². The molecule has 2 saturated heterocycles. The van der Waals surface area contributed by atoms with Crippen LogP contribution in [0.25, 0.3) is 0 Å². The van der Waals surface area contributed by atoms with Crippen LogP contribution in [0.15, 0.2) is 36.9 Å². The topological polar surface area (TPSA) is 55.8 Å². The van der Waals surface area contributed by atoms with E-state index in [-0.39, 0.29) is 12.0 Å². The first kappa shape index (κ1) is 18.0. The molecule has 0 saturated carbocycles. The number of carbonyl (C=O) groups excluding carboxylic acids is 1. The summed E-state index contributed by atoms with van der Waals surface area (Å²) in [4.78, 5) is 16.7. The molecule has 1 aromatic carbocycles. The molecule has 0 unspecified atom stereocenters. The third kappa shape index (κ3) is 4.61. The smallest absolute Gasteiger partial charge is 0.253 e. The van der Waals surface area contributed by atoms with Crippen LogP contribution in [0, 0.1) is 0 Å². The van der Waals surface area contributed by atoms with Gasteiger partial charge < -0.3 is 20.2 Å². The molecule has 3 rings (SSSR count). The molecule has 1 amide bonds. The van der Waals surface area contributed by atoms with Crippen LogP contribution in [-0.4, -0.2) is 60.8 Å². The lowest BCUT2D eigenvalue weighted by Crippen LogP contribution is -2.43. The zero-order valence-electron chi connectivity index (χ0n) is 14.9. The molecule has 2 aliphatic heterocycles. The largest absolute Gasteiger partial charge is 0.391 e. The SMILES string of the molecule is C=CCNC1CCN(c2ccc(C(=O)N3CCC[C@@H](O)C3)cc2)CC1. The number of aliphatic hydroxyl groups is 1. The highest BCUT2D eigenvalue weighted by molar-refractivity contribution is 5.94. The number of aliphatic hydroxyl groups excluding tert-OH is 1. The van der Waals surface area contributed by atoms with Gasteiger partial charge in [-0.1, -0.05) is 6.08 Å². The third-order valence-corrected chi connectivity index (χ3v) is 5.21. The Morgan fingerprint density at radius 3 is 2.56 bits per heavy atom. The number of nitrogens with zero attached hydrogens (tertiary/aromatic N) is 2. The Morgan fingerprint density at radius 2 is 1.92 bits per heavy atom. The molecule has 1 atom stereocenters. The van der Waals surface area contributed by atoms with E-state index in [9.17, 15) is 9.90 Å². The van der Waals surface area contributed by atoms with Crippen LogP contribution >= 0.6 is 0 Å². The molecular weight excluding hydrogens is 314 g/mol. The van der Waals surface area contributed by atoms with Gasteiger partial charge in [-0.3, -0.25) is 4.79 Å². The minimum absolute atomic E-state index is 0.0256. The van der Waals surface area contributed by atoms with Crippen molar-refractivity contribution in [3.63, 3.8) is 0 Å². The van der Waals surface area contributed by atoms with Gasteiger partial charge in [0.15, 0.2) is 0 Å². The zero-order valence-corrected chi connectivity index (χ0v) is 14.9. The Balaban J connectivity index is 1.55. The summed E-state index contributed by atoms with van der Waals surface area (Å²) in [6.07, 6.45) is 5.44. The minimum atomic E-state index is -0.382. The molecule has 2 fully saturated rings. The number of amides is 1. The first-order valence-electron chi connectivity index (χ1n) is 9.34. The van der Waals surface area contributed by atoms with E-state index in [0.717, 1.165) is 51.9 Å². The van der Waals surface area contributed by atoms with Crippen molar-refractivity contribution in [1.82, 2.24) is 10.2 Å². The van der Waals surface area contributed by atoms with Crippen LogP contribution < -0.4 is 10.2 Å². The summed E-state index contributed by atoms with van der Waals surface area (Å²) in [5.74, 6) is 0.0256. The van der Waals surface area contributed by atoms with Crippen LogP contribution in [0.3, 0.4) is 0 Å². The number of hydrogen-bond donors (Lipinski definition) is 2. The molecule has 2 heterocycles. The molecular formula is C20H29N3O2. The fourth-order valence-electron chi connectivity index (χ4n) is 3.73. The van der Waals surface area contributed by atoms with Crippen molar-refractivity contribution >= 4 is 11.6 Å². The Morgan fingerprint density at radius 1 is 1.20 bits per heavy atom. The van der Waals surface area contributed by atoms with Gasteiger partial charge in [-0.05, 0) is 49.9 Å². The summed E-state index contributed by atoms with van der Waals surface area (Å²) >= 11 is 0. The van der Waals surface area contributed by atoms with Crippen LogP contribution in [0.1, 0.15) is 36.0 Å². The normalized spacial score (nSPS) is 22.0. The number of nitrogens with one attached hydrogen (secondary N) is 1. The zero-order chi connectivity index (χ0) is 17.6. The van der Waals surface area contributed by atoms with Gasteiger partial charge in [0.05, 0.1) is 6.10 Å². The maximum atomic E-state index is 12.6. The van der Waals surface area contributed by atoms with Gasteiger partial charge >= 0.3 is 0 Å². The highest BCUT2D eigenvalue weighted by atomic mass is 16.3. The van der Waals surface area contributed by atoms with E-state index in [1.807, 2.05) is 30.3 Å². The summed E-state index contributed by atoms with van der Waals surface area (Å²) < 4.78 is 0. The van der Waals surface area contributed by atoms with E-state index >= 15 is 0 Å². The molecule has 136 valence electrons. The summed E-state index contributed by atoms with van der Waals surface area (Å²) in [6, 6.07) is 8.50. The van der Waals surface area contributed by atoms with Gasteiger partial charge in [-0.25, -0.2) is 0 Å². The van der Waals surface area contributed by atoms with Crippen molar-refractivity contribution in [3.05, 3.63) is 42.5 Å². The average Bonchev–Trinajstić information content (AvgIpc) is 2.66. The predicted octanol–water partition coefficient (Wildman–Crippen LogP) is 2.03. The molecule has 1 aromatic rings. The molecule has 0 bridgehead atoms. The van der Waals surface area contributed by atoms with Crippen LogP contribution in [-0.2, 0) is 0 Å². The van der Waals surface area contributed by atoms with Gasteiger partial charge in [-0.2, -0.15) is 0 Å². The van der Waals surface area contributed by atoms with Crippen LogP contribution in [0.4, 0.5) is 5.69 Å². The summed E-state index contributed by atoms with van der Waals surface area (Å²) in [5.41, 5.74) is 1.89. The van der Waals surface area contributed by atoms with Crippen molar-refractivity contribution in [1.29, 1.82) is 0 Å². The monoisotopic (exact) mass is 343 g/mol. The number of likely N-dealkylation sites (tertiary alicyclic amines) is 1. The predicted molar refractivity (Wildman–Crippen MR) is 101 cm³/mol. The Labute approximate surface area is 150 Å². The fourth-order valence-corrected chi connectivity index (χ4v) is 3.73. The van der Waals surface area contributed by atoms with E-state index in [4.69, 9.17) is 0 Å². The second kappa shape index (κ2) is 8.50. The van der Waals surface area contributed by atoms with E-state index in [2.05, 4.69) is 16.8 Å². The van der Waals surface area contributed by atoms with Crippen molar-refractivity contribution in [2.75, 3.05) is 37.6 Å². The fraction of sp³-hybridized carbons (Fsp3) is 0.550. The first-order chi connectivity index (χ1) is 12.2. The number of rotatable bonds is 5. The first-order valence-corrected chi connectivity index (χ1v) is 9.34. The molecule has 5 heteroatoms. The second-order valence-corrected chi connectivity index (χ2v) is 7.05. The van der Waals surface area contributed by atoms with E-state index in [1.165, 1.54) is 5.69 Å². The van der Waals surface area contributed by atoms with Crippen LogP contribution in [0.5, 0.6) is 0 Å². The number of hydrogen-bond acceptors (Lipinski definition) is 4. The van der Waals surface area contributed by atoms with E-state index in [0.29, 0.717) is 18.2 Å². The number of benzene rings is 1. The van der Waals surface area contributed by atoms with Gasteiger partial charge in [0.25, 0.3) is 5.91 Å². The van der Waals surface area contributed by atoms with Crippen molar-refractivity contribution in [3.8, 4) is 0 Å². The lowest BCUT2D eigenvalue weighted by Gasteiger charge is -2.34. The molecule has 2 N–H and O–H groups in total. The highest BCUT2D eigenvalue weighted by Crippen LogP contribution is 2.22. The quantitative estimate of drug-likeness (QED) is 0.803. The minimum Gasteiger partial charge on any atom is -0.391 e. The van der Waals surface area contributed by atoms with Gasteiger partial charge in [0, 0.05) is 50.0 Å². The molecule has 0 aromatic heterocycles. The van der Waals surface area contributed by atoms with Gasteiger partial charge in [-0.15, -0.1) is 6.58 Å². The van der Waals surface area contributed by atoms with Crippen molar-refractivity contribution < 1.29 is 9.90 Å². The lowest BCUT2D eigenvalue weighted by atomic mass is 10.0. The summed E-state index contributed by atoms with van der Waals surface area (Å²) in [6.45, 7) is 7.86. The maximum absolute atomic E-state index is 12.6. The van der Waals surface area contributed by atoms with Crippen molar-refractivity contribution in [2.45, 2.75) is 37.8 Å².